The molecule has 0 atom stereocenters. The number of nitrogens with zero attached hydrogens (tertiary/aromatic N) is 3. The summed E-state index contributed by atoms with van der Waals surface area (Å²) in [6.07, 6.45) is 2.72. The van der Waals surface area contributed by atoms with Crippen molar-refractivity contribution in [2.24, 2.45) is 0 Å². The number of oxazole rings is 1. The van der Waals surface area contributed by atoms with Gasteiger partial charge in [0.1, 0.15) is 5.75 Å². The second-order valence-electron chi connectivity index (χ2n) is 7.37. The van der Waals surface area contributed by atoms with Gasteiger partial charge in [0, 0.05) is 43.1 Å². The Morgan fingerprint density at radius 3 is 2.62 bits per heavy atom. The smallest absolute Gasteiger partial charge is 0.299 e. The first-order valence-electron chi connectivity index (χ1n) is 10.2. The lowest BCUT2D eigenvalue weighted by atomic mass is 10.2. The molecule has 1 aliphatic heterocycles. The summed E-state index contributed by atoms with van der Waals surface area (Å²) in [5, 5.41) is 3.24. The first-order valence-corrected chi connectivity index (χ1v) is 10.2. The highest BCUT2D eigenvalue weighted by Gasteiger charge is 2.14. The van der Waals surface area contributed by atoms with Crippen molar-refractivity contribution in [2.45, 2.75) is 13.3 Å². The van der Waals surface area contributed by atoms with Gasteiger partial charge in [0.05, 0.1) is 12.8 Å². The van der Waals surface area contributed by atoms with Crippen LogP contribution in [0.4, 0.5) is 17.4 Å². The van der Waals surface area contributed by atoms with Crippen molar-refractivity contribution >= 4 is 17.4 Å². The summed E-state index contributed by atoms with van der Waals surface area (Å²) in [6, 6.07) is 16.8. The van der Waals surface area contributed by atoms with E-state index in [0.29, 0.717) is 18.4 Å². The van der Waals surface area contributed by atoms with Gasteiger partial charge >= 0.3 is 0 Å². The van der Waals surface area contributed by atoms with Gasteiger partial charge in [-0.25, -0.2) is 4.98 Å². The largest absolute Gasteiger partial charge is 0.494 e. The van der Waals surface area contributed by atoms with Crippen LogP contribution in [0.5, 0.6) is 5.75 Å². The van der Waals surface area contributed by atoms with E-state index in [0.717, 1.165) is 49.6 Å². The minimum atomic E-state index is 0.479. The predicted octanol–water partition coefficient (Wildman–Crippen LogP) is 4.63. The number of rotatable bonds is 7. The van der Waals surface area contributed by atoms with Crippen molar-refractivity contribution in [1.82, 2.24) is 9.88 Å². The number of nitrogens with one attached hydrogen (secondary N) is 1. The molecule has 1 aliphatic rings. The summed E-state index contributed by atoms with van der Waals surface area (Å²) in [5.74, 6) is 1.55. The SMILES string of the molecule is CCCOc1cccc(-c2cnc(Nc3ccc(N4CCN(C)CC4)cc3)o2)c1. The van der Waals surface area contributed by atoms with Crippen LogP contribution >= 0.6 is 0 Å². The van der Waals surface area contributed by atoms with Crippen LogP contribution in [0.2, 0.25) is 0 Å². The van der Waals surface area contributed by atoms with Crippen molar-refractivity contribution in [3.05, 3.63) is 54.7 Å². The van der Waals surface area contributed by atoms with Crippen LogP contribution in [-0.4, -0.2) is 49.7 Å². The molecule has 0 amide bonds. The number of piperazine rings is 1. The van der Waals surface area contributed by atoms with Gasteiger partial charge in [-0.15, -0.1) is 0 Å². The number of ether oxygens (including phenoxy) is 1. The van der Waals surface area contributed by atoms with E-state index in [2.05, 4.69) is 58.3 Å². The van der Waals surface area contributed by atoms with E-state index < -0.39 is 0 Å². The van der Waals surface area contributed by atoms with E-state index >= 15 is 0 Å². The van der Waals surface area contributed by atoms with Crippen molar-refractivity contribution in [2.75, 3.05) is 50.1 Å². The van der Waals surface area contributed by atoms with E-state index in [-0.39, 0.29) is 0 Å². The quantitative estimate of drug-likeness (QED) is 0.633. The molecule has 1 aromatic heterocycles. The summed E-state index contributed by atoms with van der Waals surface area (Å²) in [7, 11) is 2.17. The minimum Gasteiger partial charge on any atom is -0.494 e. The molecule has 152 valence electrons. The first kappa shape index (κ1) is 19.3. The first-order chi connectivity index (χ1) is 14.2. The molecule has 0 unspecified atom stereocenters. The third-order valence-corrected chi connectivity index (χ3v) is 5.08. The van der Waals surface area contributed by atoms with E-state index in [1.165, 1.54) is 5.69 Å². The minimum absolute atomic E-state index is 0.479. The molecule has 0 spiro atoms. The molecule has 1 saturated heterocycles. The fourth-order valence-corrected chi connectivity index (χ4v) is 3.37. The lowest BCUT2D eigenvalue weighted by Gasteiger charge is -2.34. The monoisotopic (exact) mass is 392 g/mol. The molecule has 6 heteroatoms. The van der Waals surface area contributed by atoms with Gasteiger partial charge in [-0.1, -0.05) is 19.1 Å². The summed E-state index contributed by atoms with van der Waals surface area (Å²) in [5.41, 5.74) is 3.15. The van der Waals surface area contributed by atoms with Crippen LogP contribution in [0.25, 0.3) is 11.3 Å². The highest BCUT2D eigenvalue weighted by molar-refractivity contribution is 5.62. The lowest BCUT2D eigenvalue weighted by Crippen LogP contribution is -2.44. The number of hydrogen-bond donors (Lipinski definition) is 1. The molecule has 0 aliphatic carbocycles. The summed E-state index contributed by atoms with van der Waals surface area (Å²) >= 11 is 0. The molecule has 1 N–H and O–H groups in total. The summed E-state index contributed by atoms with van der Waals surface area (Å²) in [4.78, 5) is 9.14. The third-order valence-electron chi connectivity index (χ3n) is 5.08. The van der Waals surface area contributed by atoms with Crippen molar-refractivity contribution < 1.29 is 9.15 Å². The van der Waals surface area contributed by atoms with Crippen LogP contribution in [-0.2, 0) is 0 Å². The molecular formula is C23H28N4O2. The average molecular weight is 393 g/mol. The Balaban J connectivity index is 1.40. The summed E-state index contributed by atoms with van der Waals surface area (Å²) < 4.78 is 11.6. The zero-order valence-corrected chi connectivity index (χ0v) is 17.1. The number of anilines is 3. The van der Waals surface area contributed by atoms with Gasteiger partial charge in [-0.3, -0.25) is 0 Å². The average Bonchev–Trinajstić information content (AvgIpc) is 3.22. The van der Waals surface area contributed by atoms with Gasteiger partial charge in [0.15, 0.2) is 5.76 Å². The van der Waals surface area contributed by atoms with Crippen LogP contribution in [0.15, 0.2) is 59.1 Å². The van der Waals surface area contributed by atoms with Gasteiger partial charge in [-0.2, -0.15) is 0 Å². The maximum atomic E-state index is 5.90. The highest BCUT2D eigenvalue weighted by Crippen LogP contribution is 2.28. The van der Waals surface area contributed by atoms with Gasteiger partial charge in [0.25, 0.3) is 6.01 Å². The van der Waals surface area contributed by atoms with Crippen LogP contribution < -0.4 is 15.0 Å². The van der Waals surface area contributed by atoms with Crippen molar-refractivity contribution in [3.63, 3.8) is 0 Å². The topological polar surface area (TPSA) is 53.8 Å². The maximum absolute atomic E-state index is 5.90. The molecule has 3 aromatic rings. The second-order valence-corrected chi connectivity index (χ2v) is 7.37. The van der Waals surface area contributed by atoms with Gasteiger partial charge in [0.2, 0.25) is 0 Å². The lowest BCUT2D eigenvalue weighted by molar-refractivity contribution is 0.313. The van der Waals surface area contributed by atoms with E-state index in [4.69, 9.17) is 9.15 Å². The Morgan fingerprint density at radius 2 is 1.86 bits per heavy atom. The van der Waals surface area contributed by atoms with Crippen molar-refractivity contribution in [3.8, 4) is 17.1 Å². The Bertz CT molecular complexity index is 915. The number of benzene rings is 2. The third kappa shape index (κ3) is 4.90. The van der Waals surface area contributed by atoms with Crippen LogP contribution in [0.1, 0.15) is 13.3 Å². The molecule has 0 bridgehead atoms. The molecule has 29 heavy (non-hydrogen) atoms. The van der Waals surface area contributed by atoms with E-state index in [9.17, 15) is 0 Å². The zero-order valence-electron chi connectivity index (χ0n) is 17.1. The molecular weight excluding hydrogens is 364 g/mol. The Labute approximate surface area is 172 Å². The van der Waals surface area contributed by atoms with Gasteiger partial charge < -0.3 is 24.3 Å². The predicted molar refractivity (Wildman–Crippen MR) is 117 cm³/mol. The second kappa shape index (κ2) is 9.01. The Kier molecular flexibility index (Phi) is 6.00. The Hall–Kier alpha value is -2.99. The van der Waals surface area contributed by atoms with Crippen LogP contribution in [0.3, 0.4) is 0 Å². The molecule has 2 aromatic carbocycles. The molecule has 4 rings (SSSR count). The molecule has 0 radical (unpaired) electrons. The molecule has 2 heterocycles. The van der Waals surface area contributed by atoms with Crippen molar-refractivity contribution in [1.29, 1.82) is 0 Å². The van der Waals surface area contributed by atoms with E-state index in [1.807, 2.05) is 24.3 Å². The fourth-order valence-electron chi connectivity index (χ4n) is 3.37. The molecule has 6 nitrogen and oxygen atoms in total. The van der Waals surface area contributed by atoms with E-state index in [1.54, 1.807) is 6.20 Å². The fraction of sp³-hybridized carbons (Fsp3) is 0.348. The van der Waals surface area contributed by atoms with Crippen LogP contribution in [0, 0.1) is 0 Å². The number of hydrogen-bond acceptors (Lipinski definition) is 6. The standard InChI is InChI=1S/C23H28N4O2/c1-3-15-28-21-6-4-5-18(16-21)22-17-24-23(29-22)25-19-7-9-20(10-8-19)27-13-11-26(2)12-14-27/h4-10,16-17H,3,11-15H2,1-2H3,(H,24,25). The molecule has 1 fully saturated rings. The number of aromatic nitrogens is 1. The normalized spacial score (nSPS) is 14.8. The molecule has 0 saturated carbocycles. The Morgan fingerprint density at radius 1 is 1.07 bits per heavy atom. The zero-order chi connectivity index (χ0) is 20.1. The highest BCUT2D eigenvalue weighted by atomic mass is 16.5. The summed E-state index contributed by atoms with van der Waals surface area (Å²) in [6.45, 7) is 7.13. The maximum Gasteiger partial charge on any atom is 0.299 e. The van der Waals surface area contributed by atoms with Gasteiger partial charge in [-0.05, 0) is 49.9 Å². The number of likely N-dealkylation sites (N-methyl/N-ethyl adjacent to an activating group) is 1.